The van der Waals surface area contributed by atoms with Crippen molar-refractivity contribution in [1.29, 1.82) is 10.8 Å². The molecule has 0 saturated heterocycles. The van der Waals surface area contributed by atoms with Crippen LogP contribution >= 0.6 is 35.3 Å². The minimum Gasteiger partial charge on any atom is -0.379 e. The second-order valence-corrected chi connectivity index (χ2v) is 8.61. The molecule has 0 aliphatic heterocycles. The van der Waals surface area contributed by atoms with E-state index in [1.807, 2.05) is 19.1 Å². The molecule has 2 rings (SSSR count). The van der Waals surface area contributed by atoms with Crippen molar-refractivity contribution in [2.24, 2.45) is 5.73 Å². The number of nitrogens with one attached hydrogen (secondary N) is 2. The zero-order chi connectivity index (χ0) is 17.5. The van der Waals surface area contributed by atoms with E-state index in [9.17, 15) is 0 Å². The molecule has 0 heterocycles. The zero-order valence-corrected chi connectivity index (χ0v) is 16.2. The van der Waals surface area contributed by atoms with E-state index in [0.29, 0.717) is 10.8 Å². The summed E-state index contributed by atoms with van der Waals surface area (Å²) >= 11 is 4.65. The maximum atomic E-state index is 7.61. The second kappa shape index (κ2) is 9.20. The van der Waals surface area contributed by atoms with E-state index in [4.69, 9.17) is 16.6 Å². The SMILES string of the molecule is CC(=N)SCc1ccccc1Sc1ccc(C)cc1CSC(=N)N. The van der Waals surface area contributed by atoms with Crippen LogP contribution in [0.4, 0.5) is 0 Å². The summed E-state index contributed by atoms with van der Waals surface area (Å²) in [5.41, 5.74) is 9.14. The average Bonchev–Trinajstić information content (AvgIpc) is 2.54. The van der Waals surface area contributed by atoms with Gasteiger partial charge in [-0.15, -0.1) is 11.8 Å². The highest BCUT2D eigenvalue weighted by Gasteiger charge is 2.09. The lowest BCUT2D eigenvalue weighted by Crippen LogP contribution is -2.04. The van der Waals surface area contributed by atoms with E-state index in [1.54, 1.807) is 23.5 Å². The van der Waals surface area contributed by atoms with Crippen LogP contribution in [-0.4, -0.2) is 10.2 Å². The van der Waals surface area contributed by atoms with E-state index in [1.165, 1.54) is 38.2 Å². The van der Waals surface area contributed by atoms with Crippen LogP contribution in [0.1, 0.15) is 23.6 Å². The minimum absolute atomic E-state index is 0.144. The summed E-state index contributed by atoms with van der Waals surface area (Å²) in [6.45, 7) is 3.89. The molecule has 0 aliphatic rings. The first kappa shape index (κ1) is 19.0. The van der Waals surface area contributed by atoms with Crippen molar-refractivity contribution in [2.45, 2.75) is 35.1 Å². The minimum atomic E-state index is 0.144. The summed E-state index contributed by atoms with van der Waals surface area (Å²) in [5.74, 6) is 1.51. The summed E-state index contributed by atoms with van der Waals surface area (Å²) in [6, 6.07) is 14.8. The molecule has 0 spiro atoms. The highest BCUT2D eigenvalue weighted by atomic mass is 32.2. The fourth-order valence-corrected chi connectivity index (χ4v) is 4.51. The first-order valence-electron chi connectivity index (χ1n) is 7.46. The summed E-state index contributed by atoms with van der Waals surface area (Å²) in [5, 5.41) is 15.8. The lowest BCUT2D eigenvalue weighted by Gasteiger charge is -2.13. The van der Waals surface area contributed by atoms with Crippen LogP contribution in [0.15, 0.2) is 52.3 Å². The highest BCUT2D eigenvalue weighted by Crippen LogP contribution is 2.36. The van der Waals surface area contributed by atoms with Crippen LogP contribution in [-0.2, 0) is 11.5 Å². The lowest BCUT2D eigenvalue weighted by molar-refractivity contribution is 1.22. The Morgan fingerprint density at radius 1 is 0.958 bits per heavy atom. The Morgan fingerprint density at radius 3 is 2.33 bits per heavy atom. The zero-order valence-electron chi connectivity index (χ0n) is 13.8. The van der Waals surface area contributed by atoms with E-state index in [2.05, 4.69) is 37.3 Å². The van der Waals surface area contributed by atoms with Crippen molar-refractivity contribution in [3.8, 4) is 0 Å². The van der Waals surface area contributed by atoms with Gasteiger partial charge in [0.2, 0.25) is 0 Å². The first-order chi connectivity index (χ1) is 11.5. The molecule has 0 aromatic heterocycles. The summed E-state index contributed by atoms with van der Waals surface area (Å²) in [6.07, 6.45) is 0. The third kappa shape index (κ3) is 5.92. The monoisotopic (exact) mass is 375 g/mol. The highest BCUT2D eigenvalue weighted by molar-refractivity contribution is 8.13. The molecule has 24 heavy (non-hydrogen) atoms. The normalized spacial score (nSPS) is 10.6. The molecular formula is C18H21N3S3. The summed E-state index contributed by atoms with van der Waals surface area (Å²) in [4.78, 5) is 2.41. The van der Waals surface area contributed by atoms with Crippen LogP contribution in [0.2, 0.25) is 0 Å². The van der Waals surface area contributed by atoms with Crippen LogP contribution < -0.4 is 5.73 Å². The van der Waals surface area contributed by atoms with Gasteiger partial charge in [-0.25, -0.2) is 0 Å². The number of thioether (sulfide) groups is 2. The van der Waals surface area contributed by atoms with Gasteiger partial charge in [0, 0.05) is 21.3 Å². The van der Waals surface area contributed by atoms with E-state index < -0.39 is 0 Å². The Kier molecular flexibility index (Phi) is 7.27. The molecule has 2 aromatic rings. The van der Waals surface area contributed by atoms with E-state index >= 15 is 0 Å². The predicted molar refractivity (Wildman–Crippen MR) is 110 cm³/mol. The number of nitrogens with two attached hydrogens (primary N) is 1. The average molecular weight is 376 g/mol. The smallest absolute Gasteiger partial charge is 0.151 e. The molecule has 0 unspecified atom stereocenters. The van der Waals surface area contributed by atoms with Crippen LogP contribution in [0.25, 0.3) is 0 Å². The Labute approximate surface area is 156 Å². The number of rotatable bonds is 6. The van der Waals surface area contributed by atoms with Gasteiger partial charge in [-0.2, -0.15) is 0 Å². The fraction of sp³-hybridized carbons (Fsp3) is 0.222. The molecule has 0 amide bonds. The maximum Gasteiger partial charge on any atom is 0.151 e. The van der Waals surface area contributed by atoms with Crippen LogP contribution in [0.5, 0.6) is 0 Å². The fourth-order valence-electron chi connectivity index (χ4n) is 2.10. The number of hydrogen-bond acceptors (Lipinski definition) is 5. The molecule has 4 N–H and O–H groups in total. The molecule has 2 aromatic carbocycles. The van der Waals surface area contributed by atoms with Crippen molar-refractivity contribution in [3.05, 3.63) is 59.2 Å². The number of amidine groups is 1. The lowest BCUT2D eigenvalue weighted by atomic mass is 10.2. The van der Waals surface area contributed by atoms with Gasteiger partial charge in [0.1, 0.15) is 0 Å². The van der Waals surface area contributed by atoms with Crippen molar-refractivity contribution in [2.75, 3.05) is 0 Å². The van der Waals surface area contributed by atoms with Gasteiger partial charge in [-0.05, 0) is 37.1 Å². The molecule has 0 bridgehead atoms. The Morgan fingerprint density at radius 2 is 1.62 bits per heavy atom. The Balaban J connectivity index is 2.24. The van der Waals surface area contributed by atoms with Gasteiger partial charge in [0.05, 0.1) is 5.04 Å². The van der Waals surface area contributed by atoms with Crippen molar-refractivity contribution < 1.29 is 0 Å². The molecule has 0 saturated carbocycles. The molecule has 0 atom stereocenters. The van der Waals surface area contributed by atoms with Crippen LogP contribution in [0.3, 0.4) is 0 Å². The van der Waals surface area contributed by atoms with Crippen LogP contribution in [0, 0.1) is 17.7 Å². The van der Waals surface area contributed by atoms with Gasteiger partial charge in [0.25, 0.3) is 0 Å². The molecule has 126 valence electrons. The molecule has 0 aliphatic carbocycles. The third-order valence-electron chi connectivity index (χ3n) is 3.24. The van der Waals surface area contributed by atoms with Gasteiger partial charge >= 0.3 is 0 Å². The van der Waals surface area contributed by atoms with E-state index in [0.717, 1.165) is 5.75 Å². The van der Waals surface area contributed by atoms with Gasteiger partial charge < -0.3 is 5.73 Å². The van der Waals surface area contributed by atoms with Crippen molar-refractivity contribution in [3.63, 3.8) is 0 Å². The largest absolute Gasteiger partial charge is 0.379 e. The van der Waals surface area contributed by atoms with Crippen molar-refractivity contribution in [1.82, 2.24) is 0 Å². The summed E-state index contributed by atoms with van der Waals surface area (Å²) < 4.78 is 0. The number of hydrogen-bond donors (Lipinski definition) is 3. The number of benzene rings is 2. The van der Waals surface area contributed by atoms with Crippen molar-refractivity contribution >= 4 is 45.5 Å². The molecule has 0 radical (unpaired) electrons. The molecular weight excluding hydrogens is 354 g/mol. The van der Waals surface area contributed by atoms with E-state index in [-0.39, 0.29) is 5.17 Å². The quantitative estimate of drug-likeness (QED) is 0.460. The maximum absolute atomic E-state index is 7.61. The first-order valence-corrected chi connectivity index (χ1v) is 10.2. The third-order valence-corrected chi connectivity index (χ3v) is 6.13. The molecule has 3 nitrogen and oxygen atoms in total. The van der Waals surface area contributed by atoms with Gasteiger partial charge in [-0.3, -0.25) is 10.8 Å². The Hall–Kier alpha value is -1.37. The van der Waals surface area contributed by atoms with Gasteiger partial charge in [0.15, 0.2) is 5.17 Å². The Bertz CT molecular complexity index is 744. The standard InChI is InChI=1S/C18H21N3S3/c1-12-7-8-17(15(9-12)11-23-18(20)21)24-16-6-4-3-5-14(16)10-22-13(2)19/h3-9,19H,10-11H2,1-2H3,(H3,20,21). The van der Waals surface area contributed by atoms with Gasteiger partial charge in [-0.1, -0.05) is 59.4 Å². The summed E-state index contributed by atoms with van der Waals surface area (Å²) in [7, 11) is 0. The second-order valence-electron chi connectivity index (χ2n) is 5.32. The topological polar surface area (TPSA) is 73.7 Å². The number of aryl methyl sites for hydroxylation is 1. The molecule has 0 fully saturated rings. The molecule has 6 heteroatoms. The predicted octanol–water partition coefficient (Wildman–Crippen LogP) is 5.50.